The van der Waals surface area contributed by atoms with Crippen LogP contribution < -0.4 is 10.1 Å². The van der Waals surface area contributed by atoms with Crippen LogP contribution in [-0.4, -0.2) is 24.0 Å². The van der Waals surface area contributed by atoms with E-state index < -0.39 is 11.9 Å². The molecule has 0 fully saturated rings. The highest BCUT2D eigenvalue weighted by atomic mass is 16.5. The Hall–Kier alpha value is -3.28. The third-order valence-electron chi connectivity index (χ3n) is 4.80. The number of benzene rings is 2. The quantitative estimate of drug-likeness (QED) is 0.445. The maximum atomic E-state index is 11.9. The first-order valence-corrected chi connectivity index (χ1v) is 9.55. The van der Waals surface area contributed by atoms with E-state index in [1.807, 2.05) is 50.4 Å². The predicted octanol–water partition coefficient (Wildman–Crippen LogP) is 5.20. The van der Waals surface area contributed by atoms with E-state index in [1.165, 1.54) is 12.7 Å². The average Bonchev–Trinajstić information content (AvgIpc) is 3.08. The summed E-state index contributed by atoms with van der Waals surface area (Å²) in [5, 5.41) is 3.87. The van der Waals surface area contributed by atoms with Gasteiger partial charge in [-0.1, -0.05) is 13.8 Å². The van der Waals surface area contributed by atoms with E-state index in [2.05, 4.69) is 28.9 Å². The number of carbonyl (C=O) groups is 2. The Morgan fingerprint density at radius 3 is 2.41 bits per heavy atom. The molecule has 0 atom stereocenters. The number of H-pyrrole nitrogens is 1. The summed E-state index contributed by atoms with van der Waals surface area (Å²) in [4.78, 5) is 26.5. The fraction of sp³-hybridized carbons (Fsp3) is 0.304. The van der Waals surface area contributed by atoms with Gasteiger partial charge in [0.05, 0.1) is 7.11 Å². The molecule has 0 saturated carbocycles. The van der Waals surface area contributed by atoms with Gasteiger partial charge < -0.3 is 19.8 Å². The molecule has 6 heteroatoms. The topological polar surface area (TPSA) is 80.4 Å². The van der Waals surface area contributed by atoms with Crippen LogP contribution in [-0.2, 0) is 14.3 Å². The molecule has 29 heavy (non-hydrogen) atoms. The minimum atomic E-state index is -0.572. The molecule has 3 aromatic rings. The lowest BCUT2D eigenvalue weighted by molar-refractivity contribution is -0.142. The second-order valence-corrected chi connectivity index (χ2v) is 7.45. The molecule has 0 aliphatic rings. The fourth-order valence-electron chi connectivity index (χ4n) is 3.37. The molecule has 0 aliphatic heterocycles. The second-order valence-electron chi connectivity index (χ2n) is 7.45. The molecule has 0 spiro atoms. The summed E-state index contributed by atoms with van der Waals surface area (Å²) in [5.74, 6) is 0.931. The summed E-state index contributed by atoms with van der Waals surface area (Å²) in [6.07, 6.45) is 1.73. The Balaban J connectivity index is 1.83. The third-order valence-corrected chi connectivity index (χ3v) is 4.80. The van der Waals surface area contributed by atoms with Gasteiger partial charge in [-0.05, 0) is 66.8 Å². The van der Waals surface area contributed by atoms with Gasteiger partial charge in [-0.25, -0.2) is 0 Å². The standard InChI is InChI=1S/C23H26N2O4/c1-13(2)19-12-24-20-7-6-17(10-18(19)20)29-23-14(3)8-16(9-15(23)4)25-21(26)11-22(27)28-5/h6-10,12-13,24H,11H2,1-5H3,(H,25,26). The molecular weight excluding hydrogens is 368 g/mol. The van der Waals surface area contributed by atoms with E-state index in [0.29, 0.717) is 11.6 Å². The Labute approximate surface area is 170 Å². The molecule has 1 amide bonds. The van der Waals surface area contributed by atoms with Crippen LogP contribution >= 0.6 is 0 Å². The number of methoxy groups -OCH3 is 1. The van der Waals surface area contributed by atoms with Gasteiger partial charge in [0.2, 0.25) is 5.91 Å². The maximum Gasteiger partial charge on any atom is 0.315 e. The number of ether oxygens (including phenoxy) is 2. The van der Waals surface area contributed by atoms with Crippen molar-refractivity contribution >= 4 is 28.5 Å². The summed E-state index contributed by atoms with van der Waals surface area (Å²) in [7, 11) is 1.25. The highest BCUT2D eigenvalue weighted by Gasteiger charge is 2.14. The molecule has 6 nitrogen and oxygen atoms in total. The Morgan fingerprint density at radius 1 is 1.10 bits per heavy atom. The largest absolute Gasteiger partial charge is 0.469 e. The predicted molar refractivity (Wildman–Crippen MR) is 114 cm³/mol. The van der Waals surface area contributed by atoms with Crippen LogP contribution in [0.15, 0.2) is 36.5 Å². The van der Waals surface area contributed by atoms with Gasteiger partial charge in [0.25, 0.3) is 0 Å². The lowest BCUT2D eigenvalue weighted by Crippen LogP contribution is -2.17. The van der Waals surface area contributed by atoms with Crippen LogP contribution in [0.4, 0.5) is 5.69 Å². The van der Waals surface area contributed by atoms with Crippen molar-refractivity contribution < 1.29 is 19.1 Å². The average molecular weight is 394 g/mol. The van der Waals surface area contributed by atoms with Crippen LogP contribution in [0.1, 0.15) is 42.9 Å². The van der Waals surface area contributed by atoms with Crippen molar-refractivity contribution in [3.63, 3.8) is 0 Å². The van der Waals surface area contributed by atoms with Gasteiger partial charge in [0.15, 0.2) is 0 Å². The molecule has 2 N–H and O–H groups in total. The van der Waals surface area contributed by atoms with Crippen molar-refractivity contribution in [3.8, 4) is 11.5 Å². The van der Waals surface area contributed by atoms with E-state index in [9.17, 15) is 9.59 Å². The number of aryl methyl sites for hydroxylation is 2. The van der Waals surface area contributed by atoms with Crippen molar-refractivity contribution in [1.29, 1.82) is 0 Å². The number of hydrogen-bond acceptors (Lipinski definition) is 4. The summed E-state index contributed by atoms with van der Waals surface area (Å²) in [5.41, 5.74) is 4.72. The molecule has 0 bridgehead atoms. The number of hydrogen-bond donors (Lipinski definition) is 2. The van der Waals surface area contributed by atoms with Crippen LogP contribution in [0.3, 0.4) is 0 Å². The second kappa shape index (κ2) is 8.39. The number of nitrogens with one attached hydrogen (secondary N) is 2. The van der Waals surface area contributed by atoms with E-state index in [0.717, 1.165) is 33.5 Å². The zero-order chi connectivity index (χ0) is 21.1. The summed E-state index contributed by atoms with van der Waals surface area (Å²) >= 11 is 0. The minimum Gasteiger partial charge on any atom is -0.469 e. The van der Waals surface area contributed by atoms with Crippen LogP contribution in [0.5, 0.6) is 11.5 Å². The van der Waals surface area contributed by atoms with Crippen LogP contribution in [0.25, 0.3) is 10.9 Å². The maximum absolute atomic E-state index is 11.9. The van der Waals surface area contributed by atoms with Crippen molar-refractivity contribution in [2.24, 2.45) is 0 Å². The van der Waals surface area contributed by atoms with Crippen molar-refractivity contribution in [1.82, 2.24) is 4.98 Å². The molecule has 1 aromatic heterocycles. The Bertz CT molecular complexity index is 1040. The first-order chi connectivity index (χ1) is 13.8. The first kappa shape index (κ1) is 20.5. The van der Waals surface area contributed by atoms with E-state index in [4.69, 9.17) is 4.74 Å². The molecule has 3 rings (SSSR count). The number of aromatic amines is 1. The summed E-state index contributed by atoms with van der Waals surface area (Å²) in [6.45, 7) is 8.18. The van der Waals surface area contributed by atoms with Gasteiger partial charge >= 0.3 is 5.97 Å². The highest BCUT2D eigenvalue weighted by Crippen LogP contribution is 2.34. The zero-order valence-electron chi connectivity index (χ0n) is 17.4. The van der Waals surface area contributed by atoms with E-state index >= 15 is 0 Å². The number of anilines is 1. The van der Waals surface area contributed by atoms with Crippen molar-refractivity contribution in [3.05, 3.63) is 53.2 Å². The molecule has 2 aromatic carbocycles. The fourth-order valence-corrected chi connectivity index (χ4v) is 3.37. The van der Waals surface area contributed by atoms with Gasteiger partial charge in [-0.2, -0.15) is 0 Å². The van der Waals surface area contributed by atoms with E-state index in [-0.39, 0.29) is 6.42 Å². The number of aromatic nitrogens is 1. The van der Waals surface area contributed by atoms with Gasteiger partial charge in [-0.15, -0.1) is 0 Å². The number of carbonyl (C=O) groups excluding carboxylic acids is 2. The lowest BCUT2D eigenvalue weighted by atomic mass is 10.0. The number of amides is 1. The molecule has 0 unspecified atom stereocenters. The van der Waals surface area contributed by atoms with Crippen LogP contribution in [0, 0.1) is 13.8 Å². The highest BCUT2D eigenvalue weighted by molar-refractivity contribution is 6.02. The molecule has 152 valence electrons. The first-order valence-electron chi connectivity index (χ1n) is 9.55. The number of rotatable bonds is 6. The smallest absolute Gasteiger partial charge is 0.315 e. The molecule has 0 saturated heterocycles. The molecule has 0 aliphatic carbocycles. The number of esters is 1. The van der Waals surface area contributed by atoms with Crippen molar-refractivity contribution in [2.45, 2.75) is 40.0 Å². The lowest BCUT2D eigenvalue weighted by Gasteiger charge is -2.15. The van der Waals surface area contributed by atoms with Crippen molar-refractivity contribution in [2.75, 3.05) is 12.4 Å². The monoisotopic (exact) mass is 394 g/mol. The third kappa shape index (κ3) is 4.59. The Kier molecular flexibility index (Phi) is 5.92. The normalized spacial score (nSPS) is 11.0. The summed E-state index contributed by atoms with van der Waals surface area (Å²) < 4.78 is 10.7. The minimum absolute atomic E-state index is 0.318. The molecular formula is C23H26N2O4. The molecule has 1 heterocycles. The zero-order valence-corrected chi connectivity index (χ0v) is 17.4. The van der Waals surface area contributed by atoms with Gasteiger partial charge in [0.1, 0.15) is 17.9 Å². The molecule has 0 radical (unpaired) electrons. The van der Waals surface area contributed by atoms with E-state index in [1.54, 1.807) is 0 Å². The Morgan fingerprint density at radius 2 is 1.79 bits per heavy atom. The number of fused-ring (bicyclic) bond motifs is 1. The SMILES string of the molecule is COC(=O)CC(=O)Nc1cc(C)c(Oc2ccc3[nH]cc(C(C)C)c3c2)c(C)c1. The summed E-state index contributed by atoms with van der Waals surface area (Å²) in [6, 6.07) is 9.65. The van der Waals surface area contributed by atoms with Gasteiger partial charge in [-0.3, -0.25) is 9.59 Å². The van der Waals surface area contributed by atoms with Gasteiger partial charge in [0, 0.05) is 22.8 Å². The van der Waals surface area contributed by atoms with Crippen LogP contribution in [0.2, 0.25) is 0 Å².